The third kappa shape index (κ3) is 4.43. The van der Waals surface area contributed by atoms with Gasteiger partial charge in [-0.1, -0.05) is 24.3 Å². The second-order valence-corrected chi connectivity index (χ2v) is 7.04. The first-order valence-electron chi connectivity index (χ1n) is 9.70. The van der Waals surface area contributed by atoms with Gasteiger partial charge in [-0.05, 0) is 48.5 Å². The van der Waals surface area contributed by atoms with Crippen molar-refractivity contribution in [3.8, 4) is 17.2 Å². The number of nitrogens with one attached hydrogen (secondary N) is 1. The summed E-state index contributed by atoms with van der Waals surface area (Å²) in [5.41, 5.74) is 1.39. The summed E-state index contributed by atoms with van der Waals surface area (Å²) in [6, 6.07) is 23.9. The van der Waals surface area contributed by atoms with Gasteiger partial charge in [-0.3, -0.25) is 9.59 Å². The highest BCUT2D eigenvalue weighted by Crippen LogP contribution is 2.29. The molecule has 6 nitrogen and oxygen atoms in total. The highest BCUT2D eigenvalue weighted by molar-refractivity contribution is 6.03. The summed E-state index contributed by atoms with van der Waals surface area (Å²) in [7, 11) is 1.58. The van der Waals surface area contributed by atoms with Gasteiger partial charge in [0.1, 0.15) is 17.2 Å². The molecule has 30 heavy (non-hydrogen) atoms. The normalized spacial score (nSPS) is 15.7. The van der Waals surface area contributed by atoms with Crippen LogP contribution in [0.1, 0.15) is 6.42 Å². The van der Waals surface area contributed by atoms with Crippen LogP contribution < -0.4 is 19.7 Å². The Labute approximate surface area is 175 Å². The number of anilines is 2. The maximum Gasteiger partial charge on any atom is 0.229 e. The van der Waals surface area contributed by atoms with Crippen LogP contribution >= 0.6 is 0 Å². The minimum absolute atomic E-state index is 0.0741. The number of amides is 2. The van der Waals surface area contributed by atoms with Crippen molar-refractivity contribution in [2.45, 2.75) is 6.42 Å². The fraction of sp³-hybridized carbons (Fsp3) is 0.167. The van der Waals surface area contributed by atoms with E-state index < -0.39 is 5.92 Å². The molecule has 0 aliphatic carbocycles. The molecular weight excluding hydrogens is 380 g/mol. The van der Waals surface area contributed by atoms with Gasteiger partial charge in [0.25, 0.3) is 0 Å². The Hall–Kier alpha value is -3.80. The van der Waals surface area contributed by atoms with E-state index in [1.165, 1.54) is 0 Å². The van der Waals surface area contributed by atoms with E-state index in [1.54, 1.807) is 42.3 Å². The van der Waals surface area contributed by atoms with E-state index in [0.717, 1.165) is 11.4 Å². The first-order chi connectivity index (χ1) is 14.6. The molecule has 0 bridgehead atoms. The third-order valence-corrected chi connectivity index (χ3v) is 4.96. The SMILES string of the molecule is COc1cccc(N2C[C@H](C(=O)Nc3ccc(Oc4ccccc4)cc3)CC2=O)c1. The van der Waals surface area contributed by atoms with Crippen LogP contribution in [-0.4, -0.2) is 25.5 Å². The predicted molar refractivity (Wildman–Crippen MR) is 115 cm³/mol. The van der Waals surface area contributed by atoms with Crippen LogP contribution in [-0.2, 0) is 9.59 Å². The van der Waals surface area contributed by atoms with Crippen molar-refractivity contribution in [2.24, 2.45) is 5.92 Å². The average molecular weight is 402 g/mol. The van der Waals surface area contributed by atoms with E-state index >= 15 is 0 Å². The van der Waals surface area contributed by atoms with Crippen molar-refractivity contribution in [3.05, 3.63) is 78.9 Å². The maximum atomic E-state index is 12.7. The van der Waals surface area contributed by atoms with Crippen LogP contribution in [0.2, 0.25) is 0 Å². The fourth-order valence-electron chi connectivity index (χ4n) is 3.39. The molecule has 1 N–H and O–H groups in total. The highest BCUT2D eigenvalue weighted by atomic mass is 16.5. The van der Waals surface area contributed by atoms with Crippen LogP contribution in [0.4, 0.5) is 11.4 Å². The second kappa shape index (κ2) is 8.69. The molecule has 0 spiro atoms. The summed E-state index contributed by atoms with van der Waals surface area (Å²) < 4.78 is 11.0. The van der Waals surface area contributed by atoms with Gasteiger partial charge < -0.3 is 19.7 Å². The fourth-order valence-corrected chi connectivity index (χ4v) is 3.39. The lowest BCUT2D eigenvalue weighted by molar-refractivity contribution is -0.122. The number of para-hydroxylation sites is 1. The van der Waals surface area contributed by atoms with Gasteiger partial charge in [0.15, 0.2) is 0 Å². The predicted octanol–water partition coefficient (Wildman–Crippen LogP) is 4.48. The quantitative estimate of drug-likeness (QED) is 0.660. The van der Waals surface area contributed by atoms with Crippen molar-refractivity contribution < 1.29 is 19.1 Å². The largest absolute Gasteiger partial charge is 0.497 e. The van der Waals surface area contributed by atoms with E-state index in [1.807, 2.05) is 48.5 Å². The Balaban J connectivity index is 1.37. The number of carbonyl (C=O) groups is 2. The molecule has 1 atom stereocenters. The number of nitrogens with zero attached hydrogens (tertiary/aromatic N) is 1. The number of rotatable bonds is 6. The van der Waals surface area contributed by atoms with Crippen LogP contribution in [0.3, 0.4) is 0 Å². The van der Waals surface area contributed by atoms with Gasteiger partial charge in [-0.2, -0.15) is 0 Å². The summed E-state index contributed by atoms with van der Waals surface area (Å²) in [4.78, 5) is 26.8. The minimum atomic E-state index is -0.413. The molecule has 4 rings (SSSR count). The van der Waals surface area contributed by atoms with E-state index in [9.17, 15) is 9.59 Å². The lowest BCUT2D eigenvalue weighted by Crippen LogP contribution is -2.28. The van der Waals surface area contributed by atoms with Crippen molar-refractivity contribution in [2.75, 3.05) is 23.9 Å². The number of carbonyl (C=O) groups excluding carboxylic acids is 2. The van der Waals surface area contributed by atoms with Crippen molar-refractivity contribution in [1.29, 1.82) is 0 Å². The molecule has 3 aromatic carbocycles. The zero-order valence-corrected chi connectivity index (χ0v) is 16.6. The van der Waals surface area contributed by atoms with Crippen LogP contribution in [0.5, 0.6) is 17.2 Å². The Morgan fingerprint density at radius 3 is 2.37 bits per heavy atom. The molecule has 152 valence electrons. The molecule has 0 saturated carbocycles. The first-order valence-corrected chi connectivity index (χ1v) is 9.70. The van der Waals surface area contributed by atoms with E-state index in [4.69, 9.17) is 9.47 Å². The standard InChI is InChI=1S/C24H22N2O4/c1-29-22-9-5-6-19(15-22)26-16-17(14-23(26)27)24(28)25-18-10-12-21(13-11-18)30-20-7-3-2-4-8-20/h2-13,15,17H,14,16H2,1H3,(H,25,28)/t17-/m1/s1. The average Bonchev–Trinajstić information content (AvgIpc) is 3.18. The first kappa shape index (κ1) is 19.5. The number of methoxy groups -OCH3 is 1. The lowest BCUT2D eigenvalue weighted by atomic mass is 10.1. The van der Waals surface area contributed by atoms with Crippen molar-refractivity contribution >= 4 is 23.2 Å². The summed E-state index contributed by atoms with van der Waals surface area (Å²) in [6.07, 6.45) is 0.179. The zero-order chi connectivity index (χ0) is 20.9. The number of hydrogen-bond donors (Lipinski definition) is 1. The molecule has 3 aromatic rings. The van der Waals surface area contributed by atoms with Gasteiger partial charge in [-0.15, -0.1) is 0 Å². The number of ether oxygens (including phenoxy) is 2. The smallest absolute Gasteiger partial charge is 0.229 e. The molecule has 0 aromatic heterocycles. The molecule has 2 amide bonds. The van der Waals surface area contributed by atoms with E-state index in [2.05, 4.69) is 5.32 Å². The van der Waals surface area contributed by atoms with Crippen molar-refractivity contribution in [1.82, 2.24) is 0 Å². The number of hydrogen-bond acceptors (Lipinski definition) is 4. The van der Waals surface area contributed by atoms with Gasteiger partial charge in [0.05, 0.1) is 13.0 Å². The van der Waals surface area contributed by atoms with Crippen LogP contribution in [0, 0.1) is 5.92 Å². The lowest BCUT2D eigenvalue weighted by Gasteiger charge is -2.17. The highest BCUT2D eigenvalue weighted by Gasteiger charge is 2.35. The molecule has 0 unspecified atom stereocenters. The molecule has 1 saturated heterocycles. The van der Waals surface area contributed by atoms with E-state index in [-0.39, 0.29) is 18.2 Å². The van der Waals surface area contributed by atoms with E-state index in [0.29, 0.717) is 23.7 Å². The Morgan fingerprint density at radius 2 is 1.63 bits per heavy atom. The van der Waals surface area contributed by atoms with Crippen LogP contribution in [0.25, 0.3) is 0 Å². The molecule has 6 heteroatoms. The number of benzene rings is 3. The summed E-state index contributed by atoms with van der Waals surface area (Å²) in [5.74, 6) is 1.44. The molecule has 0 radical (unpaired) electrons. The monoisotopic (exact) mass is 402 g/mol. The molecule has 1 aliphatic heterocycles. The van der Waals surface area contributed by atoms with Gasteiger partial charge in [-0.25, -0.2) is 0 Å². The van der Waals surface area contributed by atoms with Gasteiger partial charge >= 0.3 is 0 Å². The maximum absolute atomic E-state index is 12.7. The minimum Gasteiger partial charge on any atom is -0.497 e. The Bertz CT molecular complexity index is 1030. The van der Waals surface area contributed by atoms with Crippen molar-refractivity contribution in [3.63, 3.8) is 0 Å². The van der Waals surface area contributed by atoms with Crippen LogP contribution in [0.15, 0.2) is 78.9 Å². The molecule has 1 fully saturated rings. The summed E-state index contributed by atoms with van der Waals surface area (Å²) >= 11 is 0. The Kier molecular flexibility index (Phi) is 5.66. The summed E-state index contributed by atoms with van der Waals surface area (Å²) in [6.45, 7) is 0.340. The molecule has 1 heterocycles. The second-order valence-electron chi connectivity index (χ2n) is 7.04. The van der Waals surface area contributed by atoms with Gasteiger partial charge in [0, 0.05) is 30.4 Å². The third-order valence-electron chi connectivity index (χ3n) is 4.96. The van der Waals surface area contributed by atoms with Gasteiger partial charge in [0.2, 0.25) is 11.8 Å². The molecular formula is C24H22N2O4. The molecule has 1 aliphatic rings. The topological polar surface area (TPSA) is 67.9 Å². The summed E-state index contributed by atoms with van der Waals surface area (Å²) in [5, 5.41) is 2.89. The Morgan fingerprint density at radius 1 is 0.933 bits per heavy atom. The zero-order valence-electron chi connectivity index (χ0n) is 16.6.